The van der Waals surface area contributed by atoms with Gasteiger partial charge in [0.25, 0.3) is 0 Å². The Morgan fingerprint density at radius 1 is 1.32 bits per heavy atom. The molecule has 1 heterocycles. The highest BCUT2D eigenvalue weighted by atomic mass is 16.5. The van der Waals surface area contributed by atoms with Crippen LogP contribution in [-0.2, 0) is 28.9 Å². The molecule has 4 nitrogen and oxygen atoms in total. The van der Waals surface area contributed by atoms with Gasteiger partial charge in [-0.25, -0.2) is 0 Å². The molecule has 1 aliphatic rings. The monoisotopic (exact) mass is 263 g/mol. The molecular weight excluding hydrogens is 242 g/mol. The van der Waals surface area contributed by atoms with Crippen molar-refractivity contribution >= 4 is 5.97 Å². The zero-order chi connectivity index (χ0) is 13.8. The molecule has 0 saturated heterocycles. The van der Waals surface area contributed by atoms with Crippen molar-refractivity contribution < 1.29 is 14.3 Å². The fourth-order valence-electron chi connectivity index (χ4n) is 2.54. The van der Waals surface area contributed by atoms with Crippen molar-refractivity contribution in [2.45, 2.75) is 26.3 Å². The van der Waals surface area contributed by atoms with E-state index in [0.717, 1.165) is 31.7 Å². The van der Waals surface area contributed by atoms with E-state index >= 15 is 0 Å². The van der Waals surface area contributed by atoms with Gasteiger partial charge in [0, 0.05) is 13.1 Å². The predicted octanol–water partition coefficient (Wildman–Crippen LogP) is 1.79. The molecule has 0 bridgehead atoms. The lowest BCUT2D eigenvalue weighted by Gasteiger charge is -2.28. The van der Waals surface area contributed by atoms with E-state index in [9.17, 15) is 4.79 Å². The number of nitrogens with zero attached hydrogens (tertiary/aromatic N) is 1. The second kappa shape index (κ2) is 6.06. The molecule has 1 aliphatic heterocycles. The summed E-state index contributed by atoms with van der Waals surface area (Å²) in [4.78, 5) is 13.4. The quantitative estimate of drug-likeness (QED) is 0.776. The third kappa shape index (κ3) is 3.07. The molecule has 0 fully saturated rings. The fourth-order valence-corrected chi connectivity index (χ4v) is 2.54. The highest BCUT2D eigenvalue weighted by molar-refractivity contribution is 5.71. The van der Waals surface area contributed by atoms with Crippen molar-refractivity contribution in [2.75, 3.05) is 27.3 Å². The Balaban J connectivity index is 2.18. The molecule has 0 aliphatic carbocycles. The average Bonchev–Trinajstić information content (AvgIpc) is 2.45. The first-order valence-corrected chi connectivity index (χ1v) is 6.65. The summed E-state index contributed by atoms with van der Waals surface area (Å²) in [6.45, 7) is 4.17. The van der Waals surface area contributed by atoms with Gasteiger partial charge in [0.2, 0.25) is 0 Å². The van der Waals surface area contributed by atoms with Crippen LogP contribution in [0.2, 0.25) is 0 Å². The zero-order valence-electron chi connectivity index (χ0n) is 11.9. The van der Waals surface area contributed by atoms with E-state index in [4.69, 9.17) is 9.47 Å². The van der Waals surface area contributed by atoms with E-state index in [1.54, 1.807) is 7.11 Å². The molecule has 0 radical (unpaired) electrons. The number of ether oxygens (including phenoxy) is 2. The summed E-state index contributed by atoms with van der Waals surface area (Å²) >= 11 is 0. The summed E-state index contributed by atoms with van der Waals surface area (Å²) in [7, 11) is 3.13. The standard InChI is InChI=1S/C15H21NO3/c1-4-11-7-12-5-6-16(10-15(17)19-3)9-13(12)8-14(11)18-2/h7-8H,4-6,9-10H2,1-3H3. The third-order valence-electron chi connectivity index (χ3n) is 3.66. The van der Waals surface area contributed by atoms with E-state index in [2.05, 4.69) is 24.0 Å². The first-order valence-electron chi connectivity index (χ1n) is 6.65. The van der Waals surface area contributed by atoms with Gasteiger partial charge in [0.15, 0.2) is 0 Å². The predicted molar refractivity (Wildman–Crippen MR) is 73.4 cm³/mol. The number of rotatable bonds is 4. The average molecular weight is 263 g/mol. The fraction of sp³-hybridized carbons (Fsp3) is 0.533. The smallest absolute Gasteiger partial charge is 0.319 e. The van der Waals surface area contributed by atoms with Crippen molar-refractivity contribution in [3.05, 3.63) is 28.8 Å². The maximum Gasteiger partial charge on any atom is 0.319 e. The highest BCUT2D eigenvalue weighted by Crippen LogP contribution is 2.28. The summed E-state index contributed by atoms with van der Waals surface area (Å²) in [6.07, 6.45) is 1.95. The number of hydrogen-bond donors (Lipinski definition) is 0. The lowest BCUT2D eigenvalue weighted by atomic mass is 9.95. The van der Waals surface area contributed by atoms with E-state index in [-0.39, 0.29) is 5.97 Å². The minimum atomic E-state index is -0.180. The van der Waals surface area contributed by atoms with Crippen LogP contribution < -0.4 is 4.74 Å². The number of benzene rings is 1. The molecule has 0 aromatic heterocycles. The van der Waals surface area contributed by atoms with Crippen LogP contribution in [0.5, 0.6) is 5.75 Å². The molecule has 19 heavy (non-hydrogen) atoms. The second-order valence-electron chi connectivity index (χ2n) is 4.82. The first kappa shape index (κ1) is 13.9. The maximum atomic E-state index is 11.3. The lowest BCUT2D eigenvalue weighted by molar-refractivity contribution is -0.142. The topological polar surface area (TPSA) is 38.8 Å². The Kier molecular flexibility index (Phi) is 4.43. The molecule has 0 unspecified atom stereocenters. The molecule has 104 valence electrons. The number of esters is 1. The molecule has 1 aromatic carbocycles. The zero-order valence-corrected chi connectivity index (χ0v) is 11.9. The lowest BCUT2D eigenvalue weighted by Crippen LogP contribution is -2.35. The normalized spacial score (nSPS) is 14.9. The van der Waals surface area contributed by atoms with Crippen molar-refractivity contribution in [3.8, 4) is 5.75 Å². The molecule has 2 rings (SSSR count). The van der Waals surface area contributed by atoms with E-state index in [1.807, 2.05) is 0 Å². The van der Waals surface area contributed by atoms with Gasteiger partial charge >= 0.3 is 5.97 Å². The van der Waals surface area contributed by atoms with Crippen molar-refractivity contribution in [1.29, 1.82) is 0 Å². The van der Waals surface area contributed by atoms with Gasteiger partial charge in [-0.05, 0) is 35.6 Å². The first-order chi connectivity index (χ1) is 9.17. The van der Waals surface area contributed by atoms with Gasteiger partial charge in [0.05, 0.1) is 20.8 Å². The van der Waals surface area contributed by atoms with E-state index < -0.39 is 0 Å². The number of methoxy groups -OCH3 is 2. The van der Waals surface area contributed by atoms with Crippen LogP contribution >= 0.6 is 0 Å². The Bertz CT molecular complexity index is 471. The van der Waals surface area contributed by atoms with Crippen LogP contribution in [0.4, 0.5) is 0 Å². The van der Waals surface area contributed by atoms with E-state index in [0.29, 0.717) is 6.54 Å². The van der Waals surface area contributed by atoms with Gasteiger partial charge in [0.1, 0.15) is 5.75 Å². The van der Waals surface area contributed by atoms with Crippen LogP contribution in [0.1, 0.15) is 23.6 Å². The summed E-state index contributed by atoms with van der Waals surface area (Å²) < 4.78 is 10.1. The highest BCUT2D eigenvalue weighted by Gasteiger charge is 2.20. The number of hydrogen-bond acceptors (Lipinski definition) is 4. The summed E-state index contributed by atoms with van der Waals surface area (Å²) in [5.41, 5.74) is 3.88. The molecule has 0 atom stereocenters. The number of fused-ring (bicyclic) bond motifs is 1. The largest absolute Gasteiger partial charge is 0.496 e. The Morgan fingerprint density at radius 3 is 2.74 bits per heavy atom. The molecule has 4 heteroatoms. The molecule has 0 amide bonds. The minimum absolute atomic E-state index is 0.180. The van der Waals surface area contributed by atoms with Gasteiger partial charge in [-0.2, -0.15) is 0 Å². The van der Waals surface area contributed by atoms with Crippen molar-refractivity contribution in [3.63, 3.8) is 0 Å². The molecular formula is C15H21NO3. The number of carbonyl (C=O) groups is 1. The van der Waals surface area contributed by atoms with Gasteiger partial charge in [-0.15, -0.1) is 0 Å². The summed E-state index contributed by atoms with van der Waals surface area (Å²) in [6, 6.07) is 4.35. The second-order valence-corrected chi connectivity index (χ2v) is 4.82. The molecule has 0 spiro atoms. The van der Waals surface area contributed by atoms with Crippen molar-refractivity contribution in [2.24, 2.45) is 0 Å². The maximum absolute atomic E-state index is 11.3. The van der Waals surface area contributed by atoms with Crippen LogP contribution in [0, 0.1) is 0 Å². The van der Waals surface area contributed by atoms with Gasteiger partial charge in [-0.1, -0.05) is 13.0 Å². The van der Waals surface area contributed by atoms with Crippen LogP contribution in [0.3, 0.4) is 0 Å². The Labute approximate surface area is 114 Å². The van der Waals surface area contributed by atoms with Crippen LogP contribution in [0.25, 0.3) is 0 Å². The molecule has 0 saturated carbocycles. The SMILES string of the molecule is CCc1cc2c(cc1OC)CN(CC(=O)OC)CC2. The summed E-state index contributed by atoms with van der Waals surface area (Å²) in [5, 5.41) is 0. The van der Waals surface area contributed by atoms with Crippen molar-refractivity contribution in [1.82, 2.24) is 4.90 Å². The minimum Gasteiger partial charge on any atom is -0.496 e. The Morgan fingerprint density at radius 2 is 2.11 bits per heavy atom. The number of carbonyl (C=O) groups excluding carboxylic acids is 1. The third-order valence-corrected chi connectivity index (χ3v) is 3.66. The van der Waals surface area contributed by atoms with Gasteiger partial charge < -0.3 is 9.47 Å². The summed E-state index contributed by atoms with van der Waals surface area (Å²) in [5.74, 6) is 0.766. The van der Waals surface area contributed by atoms with Gasteiger partial charge in [-0.3, -0.25) is 9.69 Å². The number of aryl methyl sites for hydroxylation is 1. The van der Waals surface area contributed by atoms with Crippen LogP contribution in [-0.4, -0.2) is 38.2 Å². The Hall–Kier alpha value is -1.55. The van der Waals surface area contributed by atoms with Crippen LogP contribution in [0.15, 0.2) is 12.1 Å². The molecule has 1 aromatic rings. The molecule has 0 N–H and O–H groups in total. The van der Waals surface area contributed by atoms with E-state index in [1.165, 1.54) is 23.8 Å².